The summed E-state index contributed by atoms with van der Waals surface area (Å²) >= 11 is 1.49. The number of cyclic esters (lactones) is 1. The van der Waals surface area contributed by atoms with Crippen LogP contribution in [0.3, 0.4) is 0 Å². The first kappa shape index (κ1) is 18.7. The molecule has 3 heterocycles. The van der Waals surface area contributed by atoms with E-state index in [1.165, 1.54) is 11.3 Å². The number of carbonyl (C=O) groups excluding carboxylic acids is 2. The zero-order valence-corrected chi connectivity index (χ0v) is 16.9. The van der Waals surface area contributed by atoms with E-state index in [1.54, 1.807) is 10.3 Å². The summed E-state index contributed by atoms with van der Waals surface area (Å²) < 4.78 is 5.36. The highest BCUT2D eigenvalue weighted by atomic mass is 32.1. The second-order valence-electron chi connectivity index (χ2n) is 7.42. The number of nitrogens with one attached hydrogen (secondary N) is 1. The molecule has 0 radical (unpaired) electrons. The van der Waals surface area contributed by atoms with E-state index in [9.17, 15) is 9.59 Å². The van der Waals surface area contributed by atoms with Gasteiger partial charge in [0.2, 0.25) is 0 Å². The lowest BCUT2D eigenvalue weighted by Gasteiger charge is -2.40. The Hall–Kier alpha value is -2.61. The van der Waals surface area contributed by atoms with Crippen molar-refractivity contribution >= 4 is 34.2 Å². The molecule has 148 valence electrons. The fourth-order valence-electron chi connectivity index (χ4n) is 3.69. The van der Waals surface area contributed by atoms with Gasteiger partial charge in [-0.05, 0) is 32.8 Å². The summed E-state index contributed by atoms with van der Waals surface area (Å²) in [6, 6.07) is 8.10. The largest absolute Gasteiger partial charge is 0.444 e. The normalized spacial score (nSPS) is 17.5. The molecule has 0 bridgehead atoms. The maximum absolute atomic E-state index is 12.4. The molecule has 1 aromatic carbocycles. The summed E-state index contributed by atoms with van der Waals surface area (Å²) in [5, 5.41) is 5.53. The van der Waals surface area contributed by atoms with Crippen LogP contribution in [0.2, 0.25) is 0 Å². The van der Waals surface area contributed by atoms with E-state index < -0.39 is 0 Å². The molecule has 4 rings (SSSR count). The number of para-hydroxylation sites is 1. The van der Waals surface area contributed by atoms with Crippen molar-refractivity contribution in [3.63, 3.8) is 0 Å². The molecule has 2 amide bonds. The van der Waals surface area contributed by atoms with Crippen LogP contribution in [0.4, 0.5) is 15.6 Å². The molecule has 1 aromatic heterocycles. The van der Waals surface area contributed by atoms with Crippen LogP contribution in [0.1, 0.15) is 42.7 Å². The molecular formula is C20H24N4O3S. The number of anilines is 2. The third-order valence-electron chi connectivity index (χ3n) is 5.04. The van der Waals surface area contributed by atoms with Crippen molar-refractivity contribution in [1.82, 2.24) is 10.3 Å². The van der Waals surface area contributed by atoms with Crippen LogP contribution < -0.4 is 15.1 Å². The Kier molecular flexibility index (Phi) is 5.21. The van der Waals surface area contributed by atoms with Crippen LogP contribution in [0.5, 0.6) is 0 Å². The number of piperidine rings is 1. The average molecular weight is 401 g/mol. The first-order valence-electron chi connectivity index (χ1n) is 9.58. The van der Waals surface area contributed by atoms with E-state index in [0.29, 0.717) is 12.3 Å². The number of amides is 2. The molecule has 2 aliphatic rings. The molecular weight excluding hydrogens is 376 g/mol. The highest BCUT2D eigenvalue weighted by Crippen LogP contribution is 2.33. The van der Waals surface area contributed by atoms with Crippen LogP contribution in [0.15, 0.2) is 29.6 Å². The van der Waals surface area contributed by atoms with Crippen molar-refractivity contribution in [3.8, 4) is 0 Å². The van der Waals surface area contributed by atoms with E-state index in [0.717, 1.165) is 42.3 Å². The topological polar surface area (TPSA) is 74.8 Å². The van der Waals surface area contributed by atoms with Gasteiger partial charge in [-0.15, -0.1) is 11.3 Å². The molecule has 0 spiro atoms. The molecule has 0 aliphatic carbocycles. The quantitative estimate of drug-likeness (QED) is 0.851. The lowest BCUT2D eigenvalue weighted by Crippen LogP contribution is -2.49. The molecule has 8 heteroatoms. The first-order chi connectivity index (χ1) is 13.5. The number of benzene rings is 1. The molecule has 7 nitrogen and oxygen atoms in total. The Labute approximate surface area is 168 Å². The van der Waals surface area contributed by atoms with Gasteiger partial charge < -0.3 is 15.0 Å². The van der Waals surface area contributed by atoms with Crippen LogP contribution in [0, 0.1) is 0 Å². The summed E-state index contributed by atoms with van der Waals surface area (Å²) in [7, 11) is 0. The van der Waals surface area contributed by atoms with Crippen LogP contribution >= 0.6 is 11.3 Å². The van der Waals surface area contributed by atoms with E-state index in [1.807, 2.05) is 38.1 Å². The molecule has 1 saturated heterocycles. The predicted octanol–water partition coefficient (Wildman–Crippen LogP) is 3.41. The standard InChI is InChI=1S/C20H24N4O3S/c1-13(2)21-18(25)16-12-28-19(22-16)23-9-7-15(8-10-23)24-17-6-4-3-5-14(17)11-27-20(24)26/h3-6,12-13,15H,7-11H2,1-2H3,(H,21,25). The zero-order valence-electron chi connectivity index (χ0n) is 16.1. The van der Waals surface area contributed by atoms with Gasteiger partial charge in [0.15, 0.2) is 5.13 Å². The Morgan fingerprint density at radius 1 is 1.29 bits per heavy atom. The number of hydrogen-bond donors (Lipinski definition) is 1. The third-order valence-corrected chi connectivity index (χ3v) is 5.95. The summed E-state index contributed by atoms with van der Waals surface area (Å²) in [5.74, 6) is -0.139. The smallest absolute Gasteiger partial charge is 0.414 e. The van der Waals surface area contributed by atoms with E-state index in [-0.39, 0.29) is 24.1 Å². The summed E-state index contributed by atoms with van der Waals surface area (Å²) in [4.78, 5) is 33.0. The van der Waals surface area contributed by atoms with Crippen molar-refractivity contribution in [2.75, 3.05) is 22.9 Å². The molecule has 2 aromatic rings. The minimum atomic E-state index is -0.265. The van der Waals surface area contributed by atoms with Crippen molar-refractivity contribution < 1.29 is 14.3 Å². The number of ether oxygens (including phenoxy) is 1. The monoisotopic (exact) mass is 400 g/mol. The molecule has 1 fully saturated rings. The Bertz CT molecular complexity index is 874. The van der Waals surface area contributed by atoms with Gasteiger partial charge in [0, 0.05) is 36.1 Å². The van der Waals surface area contributed by atoms with Gasteiger partial charge in [-0.2, -0.15) is 0 Å². The van der Waals surface area contributed by atoms with Gasteiger partial charge in [-0.1, -0.05) is 18.2 Å². The lowest BCUT2D eigenvalue weighted by atomic mass is 10.0. The van der Waals surface area contributed by atoms with Gasteiger partial charge in [0.05, 0.1) is 5.69 Å². The van der Waals surface area contributed by atoms with Crippen molar-refractivity contribution in [2.45, 2.75) is 45.4 Å². The number of thiazole rings is 1. The number of nitrogens with zero attached hydrogens (tertiary/aromatic N) is 3. The van der Waals surface area contributed by atoms with Gasteiger partial charge >= 0.3 is 6.09 Å². The summed E-state index contributed by atoms with van der Waals surface area (Å²) in [6.45, 7) is 5.77. The summed E-state index contributed by atoms with van der Waals surface area (Å²) in [6.07, 6.45) is 1.40. The van der Waals surface area contributed by atoms with Crippen molar-refractivity contribution in [1.29, 1.82) is 0 Å². The van der Waals surface area contributed by atoms with Crippen LogP contribution in [-0.4, -0.2) is 42.2 Å². The Balaban J connectivity index is 1.42. The van der Waals surface area contributed by atoms with Crippen LogP contribution in [-0.2, 0) is 11.3 Å². The van der Waals surface area contributed by atoms with Gasteiger partial charge in [-0.3, -0.25) is 9.69 Å². The maximum atomic E-state index is 12.4. The SMILES string of the molecule is CC(C)NC(=O)c1csc(N2CCC(N3C(=O)OCc4ccccc43)CC2)n1. The molecule has 0 atom stereocenters. The number of rotatable bonds is 4. The molecule has 0 saturated carbocycles. The highest BCUT2D eigenvalue weighted by Gasteiger charge is 2.34. The summed E-state index contributed by atoms with van der Waals surface area (Å²) in [5.41, 5.74) is 2.47. The minimum absolute atomic E-state index is 0.0839. The van der Waals surface area contributed by atoms with E-state index >= 15 is 0 Å². The first-order valence-corrected chi connectivity index (χ1v) is 10.5. The second-order valence-corrected chi connectivity index (χ2v) is 8.25. The fraction of sp³-hybridized carbons (Fsp3) is 0.450. The van der Waals surface area contributed by atoms with Gasteiger partial charge in [-0.25, -0.2) is 9.78 Å². The molecule has 2 aliphatic heterocycles. The fourth-order valence-corrected chi connectivity index (χ4v) is 4.55. The van der Waals surface area contributed by atoms with E-state index in [4.69, 9.17) is 4.74 Å². The molecule has 0 unspecified atom stereocenters. The lowest BCUT2D eigenvalue weighted by molar-refractivity contribution is 0.0938. The zero-order chi connectivity index (χ0) is 19.7. The Morgan fingerprint density at radius 2 is 2.04 bits per heavy atom. The minimum Gasteiger partial charge on any atom is -0.444 e. The molecule has 28 heavy (non-hydrogen) atoms. The Morgan fingerprint density at radius 3 is 2.79 bits per heavy atom. The van der Waals surface area contributed by atoms with Crippen molar-refractivity contribution in [2.24, 2.45) is 0 Å². The average Bonchev–Trinajstić information content (AvgIpc) is 3.18. The number of hydrogen-bond acceptors (Lipinski definition) is 6. The number of fused-ring (bicyclic) bond motifs is 1. The third kappa shape index (κ3) is 3.69. The number of carbonyl (C=O) groups is 2. The van der Waals surface area contributed by atoms with Crippen molar-refractivity contribution in [3.05, 3.63) is 40.9 Å². The predicted molar refractivity (Wildman–Crippen MR) is 109 cm³/mol. The maximum Gasteiger partial charge on any atom is 0.414 e. The number of aromatic nitrogens is 1. The van der Waals surface area contributed by atoms with Gasteiger partial charge in [0.25, 0.3) is 5.91 Å². The van der Waals surface area contributed by atoms with Crippen LogP contribution in [0.25, 0.3) is 0 Å². The second kappa shape index (κ2) is 7.79. The van der Waals surface area contributed by atoms with E-state index in [2.05, 4.69) is 15.2 Å². The van der Waals surface area contributed by atoms with Gasteiger partial charge in [0.1, 0.15) is 12.3 Å². The highest BCUT2D eigenvalue weighted by molar-refractivity contribution is 7.13. The molecule has 1 N–H and O–H groups in total.